The Morgan fingerprint density at radius 1 is 1.29 bits per heavy atom. The molecule has 0 aliphatic rings. The first kappa shape index (κ1) is 14.9. The Labute approximate surface area is 118 Å². The van der Waals surface area contributed by atoms with Crippen LogP contribution in [-0.4, -0.2) is 38.1 Å². The molecule has 1 aromatic carbocycles. The summed E-state index contributed by atoms with van der Waals surface area (Å²) in [5, 5.41) is 10.8. The molecule has 6 nitrogen and oxygen atoms in total. The molecule has 0 saturated carbocycles. The van der Waals surface area contributed by atoms with E-state index >= 15 is 0 Å². The molecule has 0 saturated heterocycles. The average Bonchev–Trinajstić information content (AvgIpc) is 2.82. The minimum Gasteiger partial charge on any atom is -0.334 e. The molecule has 0 unspecified atom stereocenters. The number of rotatable bonds is 3. The second-order valence-corrected chi connectivity index (χ2v) is 4.46. The maximum Gasteiger partial charge on any atom is 0.416 e. The van der Waals surface area contributed by atoms with Crippen molar-refractivity contribution in [3.63, 3.8) is 0 Å². The summed E-state index contributed by atoms with van der Waals surface area (Å²) < 4.78 is 38.8. The van der Waals surface area contributed by atoms with Crippen LogP contribution in [-0.2, 0) is 19.8 Å². The number of aromatic nitrogens is 4. The van der Waals surface area contributed by atoms with Crippen molar-refractivity contribution in [3.05, 3.63) is 41.2 Å². The van der Waals surface area contributed by atoms with E-state index in [9.17, 15) is 18.0 Å². The molecular formula is C12H12F3N5O. The highest BCUT2D eigenvalue weighted by atomic mass is 19.4. The first-order valence-electron chi connectivity index (χ1n) is 5.93. The van der Waals surface area contributed by atoms with Gasteiger partial charge >= 0.3 is 6.18 Å². The fourth-order valence-electron chi connectivity index (χ4n) is 1.69. The fourth-order valence-corrected chi connectivity index (χ4v) is 1.69. The highest BCUT2D eigenvalue weighted by molar-refractivity contribution is 5.94. The Balaban J connectivity index is 2.11. The van der Waals surface area contributed by atoms with E-state index in [-0.39, 0.29) is 12.1 Å². The quantitative estimate of drug-likeness (QED) is 0.861. The summed E-state index contributed by atoms with van der Waals surface area (Å²) in [6.07, 6.45) is -4.42. The normalized spacial score (nSPS) is 11.5. The molecule has 0 aliphatic heterocycles. The van der Waals surface area contributed by atoms with Crippen LogP contribution in [0.15, 0.2) is 24.3 Å². The van der Waals surface area contributed by atoms with Gasteiger partial charge in [-0.25, -0.2) is 4.68 Å². The van der Waals surface area contributed by atoms with E-state index < -0.39 is 17.6 Å². The number of hydrogen-bond acceptors (Lipinski definition) is 4. The van der Waals surface area contributed by atoms with Gasteiger partial charge in [0, 0.05) is 19.7 Å². The van der Waals surface area contributed by atoms with E-state index in [1.54, 1.807) is 7.05 Å². The number of nitrogens with zero attached hydrogens (tertiary/aromatic N) is 5. The molecule has 2 aromatic rings. The lowest BCUT2D eigenvalue weighted by molar-refractivity contribution is -0.137. The number of carbonyl (C=O) groups excluding carboxylic acids is 1. The predicted molar refractivity (Wildman–Crippen MR) is 66.0 cm³/mol. The summed E-state index contributed by atoms with van der Waals surface area (Å²) in [6.45, 7) is 0.156. The van der Waals surface area contributed by atoms with Crippen molar-refractivity contribution in [2.75, 3.05) is 7.05 Å². The van der Waals surface area contributed by atoms with E-state index in [0.29, 0.717) is 5.82 Å². The smallest absolute Gasteiger partial charge is 0.334 e. The lowest BCUT2D eigenvalue weighted by Gasteiger charge is -2.16. The maximum atomic E-state index is 12.5. The second kappa shape index (κ2) is 5.51. The summed E-state index contributed by atoms with van der Waals surface area (Å²) in [4.78, 5) is 13.4. The van der Waals surface area contributed by atoms with E-state index in [4.69, 9.17) is 0 Å². The molecule has 0 spiro atoms. The van der Waals surface area contributed by atoms with Crippen LogP contribution in [0.1, 0.15) is 21.7 Å². The molecule has 1 heterocycles. The van der Waals surface area contributed by atoms with Gasteiger partial charge in [-0.15, -0.1) is 5.10 Å². The maximum absolute atomic E-state index is 12.5. The van der Waals surface area contributed by atoms with Gasteiger partial charge in [0.05, 0.1) is 12.1 Å². The monoisotopic (exact) mass is 299 g/mol. The molecule has 1 amide bonds. The molecule has 0 atom stereocenters. The Kier molecular flexibility index (Phi) is 3.92. The molecule has 0 fully saturated rings. The molecule has 0 aliphatic carbocycles. The van der Waals surface area contributed by atoms with Crippen LogP contribution in [0.5, 0.6) is 0 Å². The predicted octanol–water partition coefficient (Wildman–Crippen LogP) is 1.50. The van der Waals surface area contributed by atoms with Gasteiger partial charge in [-0.3, -0.25) is 4.79 Å². The Bertz CT molecular complexity index is 635. The molecule has 0 N–H and O–H groups in total. The zero-order valence-corrected chi connectivity index (χ0v) is 11.3. The van der Waals surface area contributed by atoms with Gasteiger partial charge in [-0.1, -0.05) is 0 Å². The van der Waals surface area contributed by atoms with Gasteiger partial charge in [0.15, 0.2) is 5.82 Å². The van der Waals surface area contributed by atoms with Crippen molar-refractivity contribution in [2.45, 2.75) is 12.7 Å². The van der Waals surface area contributed by atoms with Crippen LogP contribution in [0.4, 0.5) is 13.2 Å². The molecule has 2 rings (SSSR count). The number of benzene rings is 1. The number of alkyl halides is 3. The largest absolute Gasteiger partial charge is 0.416 e. The highest BCUT2D eigenvalue weighted by Gasteiger charge is 2.30. The van der Waals surface area contributed by atoms with Crippen molar-refractivity contribution in [1.29, 1.82) is 0 Å². The molecule has 0 bridgehead atoms. The Hall–Kier alpha value is -2.45. The average molecular weight is 299 g/mol. The summed E-state index contributed by atoms with van der Waals surface area (Å²) in [5.41, 5.74) is -0.625. The Morgan fingerprint density at radius 2 is 1.90 bits per heavy atom. The SMILES string of the molecule is CN(Cc1nnnn1C)C(=O)c1ccc(C(F)(F)F)cc1. The summed E-state index contributed by atoms with van der Waals surface area (Å²) >= 11 is 0. The first-order valence-corrected chi connectivity index (χ1v) is 5.93. The topological polar surface area (TPSA) is 63.9 Å². The van der Waals surface area contributed by atoms with Crippen molar-refractivity contribution < 1.29 is 18.0 Å². The van der Waals surface area contributed by atoms with Crippen LogP contribution in [0.2, 0.25) is 0 Å². The highest BCUT2D eigenvalue weighted by Crippen LogP contribution is 2.29. The van der Waals surface area contributed by atoms with Gasteiger partial charge in [0.2, 0.25) is 0 Å². The van der Waals surface area contributed by atoms with Crippen LogP contribution in [0, 0.1) is 0 Å². The lowest BCUT2D eigenvalue weighted by Crippen LogP contribution is -2.27. The molecule has 21 heavy (non-hydrogen) atoms. The number of carbonyl (C=O) groups is 1. The number of amides is 1. The molecule has 9 heteroatoms. The number of halogens is 3. The number of tetrazole rings is 1. The fraction of sp³-hybridized carbons (Fsp3) is 0.333. The minimum atomic E-state index is -4.42. The van der Waals surface area contributed by atoms with Crippen molar-refractivity contribution >= 4 is 5.91 Å². The standard InChI is InChI=1S/C12H12F3N5O/c1-19(7-10-16-17-18-20(10)2)11(21)8-3-5-9(6-4-8)12(13,14)15/h3-6H,7H2,1-2H3. The second-order valence-electron chi connectivity index (χ2n) is 4.46. The summed E-state index contributed by atoms with van der Waals surface area (Å²) in [5.74, 6) is 0.0597. The number of hydrogen-bond donors (Lipinski definition) is 0. The van der Waals surface area contributed by atoms with Gasteiger partial charge < -0.3 is 4.90 Å². The minimum absolute atomic E-state index is 0.156. The third kappa shape index (κ3) is 3.36. The third-order valence-electron chi connectivity index (χ3n) is 2.89. The van der Waals surface area contributed by atoms with Gasteiger partial charge in [-0.2, -0.15) is 13.2 Å². The van der Waals surface area contributed by atoms with E-state index in [2.05, 4.69) is 15.5 Å². The molecule has 112 valence electrons. The Morgan fingerprint density at radius 3 is 2.38 bits per heavy atom. The molecular weight excluding hydrogens is 287 g/mol. The third-order valence-corrected chi connectivity index (χ3v) is 2.89. The summed E-state index contributed by atoms with van der Waals surface area (Å²) in [7, 11) is 3.15. The zero-order valence-electron chi connectivity index (χ0n) is 11.3. The van der Waals surface area contributed by atoms with Crippen molar-refractivity contribution in [2.24, 2.45) is 7.05 Å². The van der Waals surface area contributed by atoms with Crippen LogP contribution >= 0.6 is 0 Å². The van der Waals surface area contributed by atoms with Gasteiger partial charge in [-0.05, 0) is 34.7 Å². The van der Waals surface area contributed by atoms with Gasteiger partial charge in [0.1, 0.15) is 0 Å². The van der Waals surface area contributed by atoms with E-state index in [1.165, 1.54) is 16.6 Å². The van der Waals surface area contributed by atoms with Crippen LogP contribution in [0.3, 0.4) is 0 Å². The van der Waals surface area contributed by atoms with E-state index in [1.807, 2.05) is 0 Å². The molecule has 1 aromatic heterocycles. The van der Waals surface area contributed by atoms with Crippen LogP contribution < -0.4 is 0 Å². The van der Waals surface area contributed by atoms with Crippen LogP contribution in [0.25, 0.3) is 0 Å². The van der Waals surface area contributed by atoms with Crippen molar-refractivity contribution in [3.8, 4) is 0 Å². The lowest BCUT2D eigenvalue weighted by atomic mass is 10.1. The van der Waals surface area contributed by atoms with Gasteiger partial charge in [0.25, 0.3) is 5.91 Å². The van der Waals surface area contributed by atoms with E-state index in [0.717, 1.165) is 24.3 Å². The first-order chi connectivity index (χ1) is 9.79. The summed E-state index contributed by atoms with van der Waals surface area (Å²) in [6, 6.07) is 4.06. The van der Waals surface area contributed by atoms with Crippen molar-refractivity contribution in [1.82, 2.24) is 25.1 Å². The molecule has 0 radical (unpaired) electrons. The number of aryl methyl sites for hydroxylation is 1. The zero-order chi connectivity index (χ0) is 15.6.